The highest BCUT2D eigenvalue weighted by atomic mass is 19.2. The number of hydrogen-bond acceptors (Lipinski definition) is 3. The number of aromatic nitrogens is 4. The van der Waals surface area contributed by atoms with Crippen molar-refractivity contribution in [1.82, 2.24) is 19.9 Å². The predicted molar refractivity (Wildman–Crippen MR) is 271 cm³/mol. The van der Waals surface area contributed by atoms with Crippen molar-refractivity contribution < 1.29 is 110 Å². The molecule has 456 valence electrons. The summed E-state index contributed by atoms with van der Waals surface area (Å²) >= 11 is 0. The molecule has 3 N–H and O–H groups in total. The van der Waals surface area contributed by atoms with Crippen LogP contribution in [0.2, 0.25) is 0 Å². The SMILES string of the molecule is Fc1c(F)c(F)c(-c2c3cc(c(-c4c(F)c(F)c(F)c(F)c4F)c4ccc([nH]4)c(-c4c(F)c(F)c(F)c(F)c4F)c4ccc([nH]4)c(-c4c(F)c(F)c(F)c(F)c4F)c4cc(c(-c5c(F)c(F)c(F)c(F)c5F)c5ccc([nH]5)c5nc2C=C5)N=C4)N=C3)c(F)c1F. The van der Waals surface area contributed by atoms with Gasteiger partial charge in [0.1, 0.15) is 0 Å². The van der Waals surface area contributed by atoms with Gasteiger partial charge in [-0.05, 0) is 60.7 Å². The van der Waals surface area contributed by atoms with E-state index < -0.39 is 268 Å². The fourth-order valence-electron chi connectivity index (χ4n) is 10.2. The number of hydrogen-bond donors (Lipinski definition) is 3. The van der Waals surface area contributed by atoms with Gasteiger partial charge in [-0.3, -0.25) is 9.98 Å². The summed E-state index contributed by atoms with van der Waals surface area (Å²) in [5.41, 5.74) is -27.8. The summed E-state index contributed by atoms with van der Waals surface area (Å²) in [5, 5.41) is 0. The second kappa shape index (κ2) is 21.3. The van der Waals surface area contributed by atoms with Gasteiger partial charge in [0.2, 0.25) is 29.1 Å². The van der Waals surface area contributed by atoms with Crippen molar-refractivity contribution in [2.24, 2.45) is 9.98 Å². The monoisotopic (exact) mass is 1280 g/mol. The average molecular weight is 1280 g/mol. The summed E-state index contributed by atoms with van der Waals surface area (Å²) in [4.78, 5) is 18.7. The highest BCUT2D eigenvalue weighted by molar-refractivity contribution is 6.07. The number of halogens is 25. The van der Waals surface area contributed by atoms with Gasteiger partial charge in [0, 0.05) is 79.0 Å². The molecule has 5 aromatic carbocycles. The van der Waals surface area contributed by atoms with Crippen LogP contribution in [-0.4, -0.2) is 32.4 Å². The van der Waals surface area contributed by atoms with E-state index in [9.17, 15) is 22.0 Å². The zero-order valence-electron chi connectivity index (χ0n) is 42.7. The normalized spacial score (nSPS) is 12.4. The van der Waals surface area contributed by atoms with Crippen molar-refractivity contribution >= 4 is 69.1 Å². The van der Waals surface area contributed by atoms with Crippen molar-refractivity contribution in [2.45, 2.75) is 0 Å². The summed E-state index contributed by atoms with van der Waals surface area (Å²) < 4.78 is 389. The van der Waals surface area contributed by atoms with Crippen molar-refractivity contribution in [3.63, 3.8) is 0 Å². The Labute approximate surface area is 479 Å². The molecule has 6 nitrogen and oxygen atoms in total. The Morgan fingerprint density at radius 3 is 0.767 bits per heavy atom. The van der Waals surface area contributed by atoms with Crippen LogP contribution in [0.1, 0.15) is 22.5 Å². The molecular weight excluding hydrogens is 1270 g/mol. The molecule has 0 saturated carbocycles. The Kier molecular flexibility index (Phi) is 14.1. The number of nitrogens with one attached hydrogen (secondary N) is 3. The van der Waals surface area contributed by atoms with Crippen molar-refractivity contribution in [3.05, 3.63) is 216 Å². The number of fused-ring (bicyclic) bond motifs is 13. The molecule has 0 spiro atoms. The molecule has 0 unspecified atom stereocenters. The van der Waals surface area contributed by atoms with Gasteiger partial charge in [0.25, 0.3) is 0 Å². The minimum atomic E-state index is -2.84. The van der Waals surface area contributed by atoms with E-state index in [1.54, 1.807) is 0 Å². The summed E-state index contributed by atoms with van der Waals surface area (Å²) in [6, 6.07) is 4.66. The largest absolute Gasteiger partial charge is 0.354 e. The molecule has 3 aliphatic heterocycles. The molecule has 4 aromatic heterocycles. The summed E-state index contributed by atoms with van der Waals surface area (Å²) in [6.45, 7) is 0. The van der Waals surface area contributed by atoms with Gasteiger partial charge in [0.15, 0.2) is 116 Å². The number of benzene rings is 5. The lowest BCUT2D eigenvalue weighted by Gasteiger charge is -2.11. The second-order valence-electron chi connectivity index (χ2n) is 19.2. The smallest absolute Gasteiger partial charge is 0.200 e. The van der Waals surface area contributed by atoms with Crippen LogP contribution in [0.4, 0.5) is 121 Å². The summed E-state index contributed by atoms with van der Waals surface area (Å²) in [7, 11) is 0. The van der Waals surface area contributed by atoms with Gasteiger partial charge in [-0.2, -0.15) is 0 Å². The van der Waals surface area contributed by atoms with Crippen LogP contribution in [0.3, 0.4) is 0 Å². The standard InChI is InChI=1S/C59H15F25N6/c60-35-30(36(61)46(71)55(80)45(35)70)25-13-9-24(86-11-13)29(34-43(68)53(78)59(84)54(79)44(34)69)22-8-7-20(90-22)27(32-39(64)49(74)57(82)50(75)40(32)65)19-6-5-18(89-19)26(31-37(62)47(72)56(81)48(73)38(31)63)14-10-23(85-12-14)28(33-41(66)51(76)58(83)52(77)42(33)67)21-4-2-16(88-21)15-1-3-17(25)87-15/h1-12,88-90H. The van der Waals surface area contributed by atoms with Crippen LogP contribution >= 0.6 is 0 Å². The third-order valence-electron chi connectivity index (χ3n) is 14.2. The first-order valence-corrected chi connectivity index (χ1v) is 24.5. The lowest BCUT2D eigenvalue weighted by atomic mass is 9.97. The van der Waals surface area contributed by atoms with E-state index in [1.165, 1.54) is 0 Å². The van der Waals surface area contributed by atoms with E-state index in [0.717, 1.165) is 24.3 Å². The summed E-state index contributed by atoms with van der Waals surface area (Å²) in [6.07, 6.45) is 2.45. The zero-order valence-corrected chi connectivity index (χ0v) is 42.7. The van der Waals surface area contributed by atoms with E-state index >= 15 is 87.8 Å². The molecule has 90 heavy (non-hydrogen) atoms. The van der Waals surface area contributed by atoms with E-state index in [2.05, 4.69) is 29.9 Å². The number of aromatic amines is 3. The van der Waals surface area contributed by atoms with Crippen LogP contribution in [-0.2, 0) is 0 Å². The maximum Gasteiger partial charge on any atom is 0.200 e. The highest BCUT2D eigenvalue weighted by Gasteiger charge is 2.36. The van der Waals surface area contributed by atoms with E-state index in [4.69, 9.17) is 0 Å². The highest BCUT2D eigenvalue weighted by Crippen LogP contribution is 2.47. The Balaban J connectivity index is 1.37. The van der Waals surface area contributed by atoms with Gasteiger partial charge in [-0.1, -0.05) is 0 Å². The van der Waals surface area contributed by atoms with Crippen LogP contribution in [0.5, 0.6) is 0 Å². The third-order valence-corrected chi connectivity index (χ3v) is 14.2. The molecule has 31 heteroatoms. The van der Waals surface area contributed by atoms with Gasteiger partial charge >= 0.3 is 0 Å². The van der Waals surface area contributed by atoms with E-state index in [-0.39, 0.29) is 0 Å². The molecule has 0 amide bonds. The van der Waals surface area contributed by atoms with E-state index in [1.807, 2.05) is 0 Å². The Hall–Kier alpha value is -10.6. The minimum absolute atomic E-state index is 0.408. The molecule has 12 rings (SSSR count). The molecule has 0 radical (unpaired) electrons. The topological polar surface area (TPSA) is 85.0 Å². The molecule has 0 fully saturated rings. The lowest BCUT2D eigenvalue weighted by molar-refractivity contribution is 0.381. The third kappa shape index (κ3) is 8.73. The number of rotatable bonds is 5. The fraction of sp³-hybridized carbons (Fsp3) is 0. The number of nitrogens with zero attached hydrogens (tertiary/aromatic N) is 3. The van der Waals surface area contributed by atoms with E-state index in [0.29, 0.717) is 48.8 Å². The number of H-pyrrole nitrogens is 3. The van der Waals surface area contributed by atoms with Crippen molar-refractivity contribution in [3.8, 4) is 55.6 Å². The van der Waals surface area contributed by atoms with Crippen LogP contribution in [0, 0.1) is 145 Å². The van der Waals surface area contributed by atoms with Crippen molar-refractivity contribution in [1.29, 1.82) is 0 Å². The quantitative estimate of drug-likeness (QED) is 0.0895. The van der Waals surface area contributed by atoms with Gasteiger partial charge in [-0.25, -0.2) is 115 Å². The van der Waals surface area contributed by atoms with Gasteiger partial charge < -0.3 is 15.0 Å². The summed E-state index contributed by atoms with van der Waals surface area (Å²) in [5.74, 6) is -67.8. The lowest BCUT2D eigenvalue weighted by Crippen LogP contribution is -2.06. The Morgan fingerprint density at radius 2 is 0.433 bits per heavy atom. The van der Waals surface area contributed by atoms with Crippen LogP contribution in [0.15, 0.2) is 58.5 Å². The first-order valence-electron chi connectivity index (χ1n) is 24.5. The second-order valence-corrected chi connectivity index (χ2v) is 19.2. The Bertz CT molecular complexity index is 5070. The van der Waals surface area contributed by atoms with Gasteiger partial charge in [0.05, 0.1) is 56.1 Å². The molecule has 7 heterocycles. The molecule has 0 saturated heterocycles. The average Bonchev–Trinajstić information content (AvgIpc) is 1.50. The first kappa shape index (κ1) is 59.7. The van der Waals surface area contributed by atoms with Crippen LogP contribution in [0.25, 0.3) is 101 Å². The van der Waals surface area contributed by atoms with Gasteiger partial charge in [-0.15, -0.1) is 0 Å². The Morgan fingerprint density at radius 1 is 0.211 bits per heavy atom. The molecule has 0 atom stereocenters. The molecule has 0 aliphatic carbocycles. The molecular formula is C59H15F25N6. The van der Waals surface area contributed by atoms with Crippen LogP contribution < -0.4 is 0 Å². The predicted octanol–water partition coefficient (Wildman–Crippen LogP) is 18.9. The fourth-order valence-corrected chi connectivity index (χ4v) is 10.2. The minimum Gasteiger partial charge on any atom is -0.354 e. The molecule has 9 aromatic rings. The maximum atomic E-state index is 16.3. The zero-order chi connectivity index (χ0) is 64.9. The number of aliphatic imine (C=N–C) groups is 2. The molecule has 3 aliphatic rings. The van der Waals surface area contributed by atoms with Crippen molar-refractivity contribution in [2.75, 3.05) is 0 Å². The molecule has 12 bridgehead atoms. The first-order chi connectivity index (χ1) is 42.6. The maximum absolute atomic E-state index is 16.3.